The maximum absolute atomic E-state index is 13.3. The third kappa shape index (κ3) is 6.25. The molecule has 0 bridgehead atoms. The van der Waals surface area contributed by atoms with Gasteiger partial charge in [0.25, 0.3) is 5.91 Å². The van der Waals surface area contributed by atoms with Crippen LogP contribution in [-0.4, -0.2) is 31.7 Å². The average molecular weight is 494 g/mol. The molecule has 11 heteroatoms. The molecule has 0 fully saturated rings. The smallest absolute Gasteiger partial charge is 0.417 e. The van der Waals surface area contributed by atoms with Crippen LogP contribution >= 0.6 is 0 Å². The van der Waals surface area contributed by atoms with Crippen molar-refractivity contribution < 1.29 is 35.9 Å². The number of hydrogen-bond donors (Lipinski definition) is 1. The molecular weight excluding hydrogens is 473 g/mol. The van der Waals surface area contributed by atoms with Crippen molar-refractivity contribution in [1.82, 2.24) is 4.98 Å². The quantitative estimate of drug-likeness (QED) is 0.477. The number of alkyl halides is 3. The largest absolute Gasteiger partial charge is 0.487 e. The van der Waals surface area contributed by atoms with Crippen LogP contribution in [0.2, 0.25) is 0 Å². The van der Waals surface area contributed by atoms with Crippen molar-refractivity contribution in [2.45, 2.75) is 31.0 Å². The Bertz CT molecular complexity index is 1310. The van der Waals surface area contributed by atoms with Crippen LogP contribution in [-0.2, 0) is 16.0 Å². The molecule has 7 nitrogen and oxygen atoms in total. The lowest BCUT2D eigenvalue weighted by Gasteiger charge is -2.16. The van der Waals surface area contributed by atoms with Gasteiger partial charge in [-0.2, -0.15) is 13.2 Å². The van der Waals surface area contributed by atoms with E-state index in [2.05, 4.69) is 10.3 Å². The zero-order valence-electron chi connectivity index (χ0n) is 18.4. The van der Waals surface area contributed by atoms with Gasteiger partial charge in [-0.25, -0.2) is 13.4 Å². The van der Waals surface area contributed by atoms with Gasteiger partial charge in [0.15, 0.2) is 21.3 Å². The number of nitrogens with one attached hydrogen (secondary N) is 1. The number of nitrogens with zero attached hydrogens (tertiary/aromatic N) is 1. The number of para-hydroxylation sites is 2. The first-order valence-corrected chi connectivity index (χ1v) is 11.9. The van der Waals surface area contributed by atoms with Gasteiger partial charge in [-0.05, 0) is 50.2 Å². The van der Waals surface area contributed by atoms with Crippen molar-refractivity contribution in [1.29, 1.82) is 0 Å². The Balaban J connectivity index is 2.01. The van der Waals surface area contributed by atoms with Gasteiger partial charge in [0.05, 0.1) is 16.6 Å². The molecule has 0 aliphatic carbocycles. The number of amides is 1. The molecule has 0 saturated carbocycles. The van der Waals surface area contributed by atoms with Crippen molar-refractivity contribution in [2.24, 2.45) is 0 Å². The van der Waals surface area contributed by atoms with Crippen molar-refractivity contribution in [3.63, 3.8) is 0 Å². The molecule has 1 heterocycles. The molecule has 3 rings (SSSR count). The van der Waals surface area contributed by atoms with Gasteiger partial charge >= 0.3 is 6.18 Å². The Morgan fingerprint density at radius 1 is 1.03 bits per heavy atom. The minimum Gasteiger partial charge on any atom is -0.487 e. The maximum atomic E-state index is 13.3. The molecule has 2 aromatic carbocycles. The van der Waals surface area contributed by atoms with E-state index in [1.54, 1.807) is 32.0 Å². The number of halogens is 3. The van der Waals surface area contributed by atoms with Crippen molar-refractivity contribution in [3.05, 3.63) is 71.9 Å². The molecule has 1 N–H and O–H groups in total. The predicted molar refractivity (Wildman–Crippen MR) is 119 cm³/mol. The number of anilines is 1. The monoisotopic (exact) mass is 494 g/mol. The Labute approximate surface area is 194 Å². The van der Waals surface area contributed by atoms with E-state index < -0.39 is 33.0 Å². The third-order valence-electron chi connectivity index (χ3n) is 4.36. The molecule has 0 aliphatic rings. The van der Waals surface area contributed by atoms with Gasteiger partial charge in [-0.15, -0.1) is 0 Å². The lowest BCUT2D eigenvalue weighted by atomic mass is 10.1. The van der Waals surface area contributed by atoms with Gasteiger partial charge in [-0.1, -0.05) is 18.2 Å². The molecule has 1 amide bonds. The van der Waals surface area contributed by atoms with Gasteiger partial charge < -0.3 is 14.8 Å². The van der Waals surface area contributed by atoms with Crippen LogP contribution in [0.1, 0.15) is 29.8 Å². The van der Waals surface area contributed by atoms with E-state index in [0.29, 0.717) is 18.0 Å². The van der Waals surface area contributed by atoms with Crippen LogP contribution in [0.3, 0.4) is 0 Å². The minimum absolute atomic E-state index is 0.0660. The highest BCUT2D eigenvalue weighted by Gasteiger charge is 2.33. The summed E-state index contributed by atoms with van der Waals surface area (Å²) in [6.45, 7) is 3.58. The van der Waals surface area contributed by atoms with Gasteiger partial charge in [0.1, 0.15) is 5.56 Å². The van der Waals surface area contributed by atoms with Gasteiger partial charge in [0, 0.05) is 18.1 Å². The maximum Gasteiger partial charge on any atom is 0.417 e. The first-order chi connectivity index (χ1) is 15.8. The summed E-state index contributed by atoms with van der Waals surface area (Å²) < 4.78 is 74.8. The number of benzene rings is 2. The van der Waals surface area contributed by atoms with E-state index in [-0.39, 0.29) is 28.3 Å². The molecule has 0 aliphatic heterocycles. The summed E-state index contributed by atoms with van der Waals surface area (Å²) in [5.41, 5.74) is -1.58. The predicted octanol–water partition coefficient (Wildman–Crippen LogP) is 5.34. The number of pyridine rings is 1. The van der Waals surface area contributed by atoms with Crippen molar-refractivity contribution >= 4 is 21.4 Å². The second-order valence-electron chi connectivity index (χ2n) is 7.54. The number of carbonyl (C=O) groups excluding carboxylic acids is 1. The molecule has 0 saturated heterocycles. The zero-order valence-corrected chi connectivity index (χ0v) is 19.2. The lowest BCUT2D eigenvalue weighted by Crippen LogP contribution is -2.16. The van der Waals surface area contributed by atoms with Crippen molar-refractivity contribution in [2.75, 3.05) is 11.6 Å². The molecule has 0 radical (unpaired) electrons. The Hall–Kier alpha value is -3.60. The molecule has 3 aromatic rings. The Morgan fingerprint density at radius 3 is 2.32 bits per heavy atom. The molecule has 1 aromatic heterocycles. The molecule has 0 unspecified atom stereocenters. The van der Waals surface area contributed by atoms with Crippen LogP contribution in [0.15, 0.2) is 65.7 Å². The fourth-order valence-electron chi connectivity index (χ4n) is 2.84. The molecule has 180 valence electrons. The van der Waals surface area contributed by atoms with Crippen LogP contribution in [0.25, 0.3) is 0 Å². The second kappa shape index (κ2) is 9.72. The number of hydrogen-bond acceptors (Lipinski definition) is 6. The highest BCUT2D eigenvalue weighted by molar-refractivity contribution is 7.90. The van der Waals surface area contributed by atoms with Crippen LogP contribution in [0.4, 0.5) is 18.9 Å². The fourth-order valence-corrected chi connectivity index (χ4v) is 3.51. The first kappa shape index (κ1) is 25.0. The number of carbonyl (C=O) groups is 1. The number of rotatable bonds is 7. The van der Waals surface area contributed by atoms with Crippen LogP contribution in [0, 0.1) is 0 Å². The second-order valence-corrected chi connectivity index (χ2v) is 9.56. The van der Waals surface area contributed by atoms with Crippen LogP contribution < -0.4 is 14.8 Å². The average Bonchev–Trinajstić information content (AvgIpc) is 2.74. The van der Waals surface area contributed by atoms with Gasteiger partial charge in [0.2, 0.25) is 5.88 Å². The summed E-state index contributed by atoms with van der Waals surface area (Å²) in [7, 11) is -3.57. The summed E-state index contributed by atoms with van der Waals surface area (Å²) in [6, 6.07) is 12.4. The standard InChI is InChI=1S/C23H21F3N2O5S/c1-14(2)32-19-9-4-5-10-20(19)33-22-18(11-15(13-27-22)23(24,25)26)21(29)28-16-7-6-8-17(12-16)34(3,30)31/h4-14H,1-3H3,(H,28,29). The molecular formula is C23H21F3N2O5S. The first-order valence-electron chi connectivity index (χ1n) is 9.97. The molecule has 0 spiro atoms. The van der Waals surface area contributed by atoms with E-state index in [1.807, 2.05) is 0 Å². The number of ether oxygens (including phenoxy) is 2. The zero-order chi connectivity index (χ0) is 25.1. The fraction of sp³-hybridized carbons (Fsp3) is 0.217. The normalized spacial score (nSPS) is 11.9. The van der Waals surface area contributed by atoms with E-state index in [0.717, 1.165) is 6.26 Å². The SMILES string of the molecule is CC(C)Oc1ccccc1Oc1ncc(C(F)(F)F)cc1C(=O)Nc1cccc(S(C)(=O)=O)c1. The van der Waals surface area contributed by atoms with E-state index in [9.17, 15) is 26.4 Å². The summed E-state index contributed by atoms with van der Waals surface area (Å²) in [6.07, 6.45) is -3.42. The van der Waals surface area contributed by atoms with E-state index in [1.165, 1.54) is 30.3 Å². The Kier molecular flexibility index (Phi) is 7.15. The van der Waals surface area contributed by atoms with Gasteiger partial charge in [-0.3, -0.25) is 4.79 Å². The topological polar surface area (TPSA) is 94.6 Å². The minimum atomic E-state index is -4.75. The van der Waals surface area contributed by atoms with Crippen LogP contribution in [0.5, 0.6) is 17.4 Å². The molecule has 0 atom stereocenters. The highest BCUT2D eigenvalue weighted by atomic mass is 32.2. The summed E-state index contributed by atoms with van der Waals surface area (Å²) in [5.74, 6) is -0.894. The van der Waals surface area contributed by atoms with Crippen molar-refractivity contribution in [3.8, 4) is 17.4 Å². The lowest BCUT2D eigenvalue weighted by molar-refractivity contribution is -0.137. The summed E-state index contributed by atoms with van der Waals surface area (Å²) in [5, 5.41) is 2.40. The molecule has 34 heavy (non-hydrogen) atoms. The Morgan fingerprint density at radius 2 is 1.71 bits per heavy atom. The summed E-state index contributed by atoms with van der Waals surface area (Å²) in [4.78, 5) is 16.6. The van der Waals surface area contributed by atoms with E-state index in [4.69, 9.17) is 9.47 Å². The summed E-state index contributed by atoms with van der Waals surface area (Å²) >= 11 is 0. The third-order valence-corrected chi connectivity index (χ3v) is 5.47. The number of aromatic nitrogens is 1. The van der Waals surface area contributed by atoms with E-state index >= 15 is 0 Å². The number of sulfone groups is 1. The highest BCUT2D eigenvalue weighted by Crippen LogP contribution is 2.36.